The van der Waals surface area contributed by atoms with Crippen LogP contribution in [-0.2, 0) is 9.22 Å². The summed E-state index contributed by atoms with van der Waals surface area (Å²) in [4.78, 5) is 11.0. The maximum absolute atomic E-state index is 11.0. The highest BCUT2D eigenvalue weighted by Gasteiger charge is 2.27. The van der Waals surface area contributed by atoms with E-state index in [-0.39, 0.29) is 5.97 Å². The lowest BCUT2D eigenvalue weighted by Crippen LogP contribution is -2.45. The number of hydrogen-bond acceptors (Lipinski definition) is 2. The summed E-state index contributed by atoms with van der Waals surface area (Å²) >= 11 is 0. The van der Waals surface area contributed by atoms with E-state index in [0.29, 0.717) is 0 Å². The van der Waals surface area contributed by atoms with Gasteiger partial charge in [-0.1, -0.05) is 36.9 Å². The highest BCUT2D eigenvalue weighted by molar-refractivity contribution is 6.85. The van der Waals surface area contributed by atoms with Gasteiger partial charge in [0, 0.05) is 6.92 Å². The van der Waals surface area contributed by atoms with Crippen LogP contribution in [-0.4, -0.2) is 14.3 Å². The summed E-state index contributed by atoms with van der Waals surface area (Å²) in [5, 5.41) is 1.11. The van der Waals surface area contributed by atoms with E-state index in [4.69, 9.17) is 4.43 Å². The highest BCUT2D eigenvalue weighted by Crippen LogP contribution is 2.07. The minimum absolute atomic E-state index is 0.209. The first-order valence-corrected chi connectivity index (χ1v) is 7.79. The molecular weight excluding hydrogens is 204 g/mol. The second-order valence-corrected chi connectivity index (χ2v) is 7.73. The minimum Gasteiger partial charge on any atom is -0.515 e. The Hall–Kier alpha value is -1.35. The summed E-state index contributed by atoms with van der Waals surface area (Å²) in [6.45, 7) is 9.17. The van der Waals surface area contributed by atoms with Crippen molar-refractivity contribution in [1.29, 1.82) is 0 Å². The number of benzene rings is 1. The number of carbonyl (C=O) groups excluding carboxylic acids is 1. The molecule has 15 heavy (non-hydrogen) atoms. The molecule has 0 atom stereocenters. The van der Waals surface area contributed by atoms with Crippen LogP contribution in [0.15, 0.2) is 30.8 Å². The van der Waals surface area contributed by atoms with Crippen LogP contribution in [0.2, 0.25) is 13.1 Å². The number of hydrogen-bond donors (Lipinski definition) is 0. The summed E-state index contributed by atoms with van der Waals surface area (Å²) in [6, 6.07) is 7.99. The summed E-state index contributed by atoms with van der Waals surface area (Å²) in [5.74, 6) is -0.209. The molecule has 0 aliphatic heterocycles. The Balaban J connectivity index is 2.94. The van der Waals surface area contributed by atoms with Crippen LogP contribution < -0.4 is 5.19 Å². The molecule has 0 aliphatic rings. The van der Waals surface area contributed by atoms with Gasteiger partial charge in [-0.3, -0.25) is 4.79 Å². The van der Waals surface area contributed by atoms with E-state index in [1.807, 2.05) is 37.4 Å². The second-order valence-electron chi connectivity index (χ2n) is 3.93. The van der Waals surface area contributed by atoms with Gasteiger partial charge in [-0.15, -0.1) is 0 Å². The standard InChI is InChI=1S/C12H16O2Si/c1-5-11-6-8-12(9-7-11)15(3,4)14-10(2)13/h5-9H,1H2,2-4H3. The van der Waals surface area contributed by atoms with Crippen molar-refractivity contribution < 1.29 is 9.22 Å². The molecule has 3 heteroatoms. The molecule has 0 radical (unpaired) electrons. The van der Waals surface area contributed by atoms with Crippen molar-refractivity contribution in [2.24, 2.45) is 0 Å². The number of carbonyl (C=O) groups is 1. The maximum Gasteiger partial charge on any atom is 0.289 e. The van der Waals surface area contributed by atoms with Crippen LogP contribution in [0, 0.1) is 0 Å². The van der Waals surface area contributed by atoms with Gasteiger partial charge in [0.1, 0.15) is 0 Å². The molecule has 0 saturated carbocycles. The third kappa shape index (κ3) is 3.06. The van der Waals surface area contributed by atoms with Crippen molar-refractivity contribution >= 4 is 25.5 Å². The zero-order valence-corrected chi connectivity index (χ0v) is 10.4. The Labute approximate surface area is 91.7 Å². The Kier molecular flexibility index (Phi) is 3.47. The molecule has 0 amide bonds. The molecule has 0 bridgehead atoms. The molecular formula is C12H16O2Si. The molecule has 0 aliphatic carbocycles. The molecule has 0 N–H and O–H groups in total. The molecule has 0 spiro atoms. The van der Waals surface area contributed by atoms with Crippen molar-refractivity contribution in [3.8, 4) is 0 Å². The summed E-state index contributed by atoms with van der Waals surface area (Å²) < 4.78 is 5.37. The smallest absolute Gasteiger partial charge is 0.289 e. The van der Waals surface area contributed by atoms with Gasteiger partial charge in [0.2, 0.25) is 0 Å². The topological polar surface area (TPSA) is 26.3 Å². The van der Waals surface area contributed by atoms with Gasteiger partial charge in [0.15, 0.2) is 0 Å². The average molecular weight is 220 g/mol. The van der Waals surface area contributed by atoms with Crippen molar-refractivity contribution in [2.75, 3.05) is 0 Å². The van der Waals surface area contributed by atoms with Gasteiger partial charge >= 0.3 is 0 Å². The quantitative estimate of drug-likeness (QED) is 0.731. The van der Waals surface area contributed by atoms with Gasteiger partial charge < -0.3 is 4.43 Å². The molecule has 80 valence electrons. The zero-order chi connectivity index (χ0) is 11.5. The lowest BCUT2D eigenvalue weighted by atomic mass is 10.2. The third-order valence-electron chi connectivity index (χ3n) is 2.24. The van der Waals surface area contributed by atoms with Gasteiger partial charge in [0.05, 0.1) is 0 Å². The molecule has 1 aromatic carbocycles. The largest absolute Gasteiger partial charge is 0.515 e. The molecule has 0 fully saturated rings. The van der Waals surface area contributed by atoms with E-state index in [0.717, 1.165) is 10.8 Å². The van der Waals surface area contributed by atoms with E-state index < -0.39 is 8.32 Å². The van der Waals surface area contributed by atoms with E-state index in [1.54, 1.807) is 6.08 Å². The molecule has 0 saturated heterocycles. The van der Waals surface area contributed by atoms with Crippen LogP contribution in [0.5, 0.6) is 0 Å². The Morgan fingerprint density at radius 3 is 2.27 bits per heavy atom. The predicted molar refractivity (Wildman–Crippen MR) is 65.4 cm³/mol. The molecule has 2 nitrogen and oxygen atoms in total. The summed E-state index contributed by atoms with van der Waals surface area (Å²) in [7, 11) is -2.06. The van der Waals surface area contributed by atoms with Crippen molar-refractivity contribution in [2.45, 2.75) is 20.0 Å². The molecule has 0 aromatic heterocycles. The fourth-order valence-electron chi connectivity index (χ4n) is 1.44. The monoisotopic (exact) mass is 220 g/mol. The normalized spacial score (nSPS) is 10.9. The van der Waals surface area contributed by atoms with Crippen LogP contribution in [0.3, 0.4) is 0 Å². The van der Waals surface area contributed by atoms with Crippen LogP contribution in [0.1, 0.15) is 12.5 Å². The van der Waals surface area contributed by atoms with Gasteiger partial charge in [-0.05, 0) is 23.8 Å². The molecule has 0 heterocycles. The zero-order valence-electron chi connectivity index (χ0n) is 9.41. The van der Waals surface area contributed by atoms with E-state index in [9.17, 15) is 4.79 Å². The maximum atomic E-state index is 11.0. The van der Waals surface area contributed by atoms with Crippen LogP contribution in [0.4, 0.5) is 0 Å². The third-order valence-corrected chi connectivity index (χ3v) is 4.76. The fraction of sp³-hybridized carbons (Fsp3) is 0.250. The van der Waals surface area contributed by atoms with Crippen molar-refractivity contribution in [1.82, 2.24) is 0 Å². The van der Waals surface area contributed by atoms with Gasteiger partial charge in [-0.25, -0.2) is 0 Å². The average Bonchev–Trinajstić information content (AvgIpc) is 2.16. The molecule has 1 aromatic rings. The lowest BCUT2D eigenvalue weighted by molar-refractivity contribution is -0.132. The van der Waals surface area contributed by atoms with Crippen LogP contribution >= 0.6 is 0 Å². The Bertz CT molecular complexity index is 366. The SMILES string of the molecule is C=Cc1ccc([Si](C)(C)OC(C)=O)cc1. The van der Waals surface area contributed by atoms with Gasteiger partial charge in [0.25, 0.3) is 14.3 Å². The first-order chi connectivity index (χ1) is 6.95. The number of rotatable bonds is 3. The van der Waals surface area contributed by atoms with Crippen molar-refractivity contribution in [3.63, 3.8) is 0 Å². The first kappa shape index (κ1) is 11.7. The van der Waals surface area contributed by atoms with Crippen LogP contribution in [0.25, 0.3) is 6.08 Å². The van der Waals surface area contributed by atoms with E-state index in [1.165, 1.54) is 6.92 Å². The summed E-state index contributed by atoms with van der Waals surface area (Å²) in [5.41, 5.74) is 1.08. The fourth-order valence-corrected chi connectivity index (χ4v) is 3.24. The minimum atomic E-state index is -2.06. The lowest BCUT2D eigenvalue weighted by Gasteiger charge is -2.22. The highest BCUT2D eigenvalue weighted by atomic mass is 28.4. The van der Waals surface area contributed by atoms with E-state index in [2.05, 4.69) is 6.58 Å². The second kappa shape index (κ2) is 4.44. The first-order valence-electron chi connectivity index (χ1n) is 4.88. The molecule has 0 unspecified atom stereocenters. The van der Waals surface area contributed by atoms with E-state index >= 15 is 0 Å². The Morgan fingerprint density at radius 1 is 1.33 bits per heavy atom. The Morgan fingerprint density at radius 2 is 1.87 bits per heavy atom. The summed E-state index contributed by atoms with van der Waals surface area (Å²) in [6.07, 6.45) is 1.80. The van der Waals surface area contributed by atoms with Crippen molar-refractivity contribution in [3.05, 3.63) is 36.4 Å². The predicted octanol–water partition coefficient (Wildman–Crippen LogP) is 2.30. The molecule has 1 rings (SSSR count). The van der Waals surface area contributed by atoms with Gasteiger partial charge in [-0.2, -0.15) is 0 Å².